The standard InChI is InChI=1S/C16H15ClN2O/c17-10-11-19-15(12-6-2-1-3-7-12)13-8-4-5-9-14(13)18-16(19)20/h1-9,15H,10-11H2,(H,18,20). The van der Waals surface area contributed by atoms with Gasteiger partial charge in [-0.25, -0.2) is 4.79 Å². The van der Waals surface area contributed by atoms with Crippen LogP contribution >= 0.6 is 11.6 Å². The molecular formula is C16H15ClN2O. The number of halogens is 1. The Labute approximate surface area is 123 Å². The lowest BCUT2D eigenvalue weighted by molar-refractivity contribution is 0.199. The van der Waals surface area contributed by atoms with E-state index in [-0.39, 0.29) is 12.1 Å². The number of carbonyl (C=O) groups is 1. The molecule has 1 N–H and O–H groups in total. The maximum atomic E-state index is 12.3. The first-order valence-corrected chi connectivity index (χ1v) is 7.12. The molecule has 0 fully saturated rings. The summed E-state index contributed by atoms with van der Waals surface area (Å²) in [5.74, 6) is 0.416. The van der Waals surface area contributed by atoms with Gasteiger partial charge in [-0.05, 0) is 11.6 Å². The number of hydrogen-bond donors (Lipinski definition) is 1. The molecule has 1 unspecified atom stereocenters. The van der Waals surface area contributed by atoms with Crippen LogP contribution in [-0.4, -0.2) is 23.4 Å². The van der Waals surface area contributed by atoms with Crippen LogP contribution in [0.25, 0.3) is 0 Å². The number of carbonyl (C=O) groups excluding carboxylic acids is 1. The predicted octanol–water partition coefficient (Wildman–Crippen LogP) is 3.86. The Morgan fingerprint density at radius 1 is 1.05 bits per heavy atom. The lowest BCUT2D eigenvalue weighted by atomic mass is 9.94. The van der Waals surface area contributed by atoms with Crippen molar-refractivity contribution in [2.24, 2.45) is 0 Å². The molecule has 102 valence electrons. The zero-order valence-electron chi connectivity index (χ0n) is 10.9. The molecule has 0 bridgehead atoms. The molecule has 0 saturated carbocycles. The second-order valence-electron chi connectivity index (χ2n) is 4.71. The molecule has 2 amide bonds. The first-order chi connectivity index (χ1) is 9.81. The summed E-state index contributed by atoms with van der Waals surface area (Å²) in [4.78, 5) is 14.1. The summed E-state index contributed by atoms with van der Waals surface area (Å²) in [6.07, 6.45) is 0. The number of rotatable bonds is 3. The molecule has 1 aliphatic heterocycles. The van der Waals surface area contributed by atoms with Gasteiger partial charge in [0.1, 0.15) is 0 Å². The number of alkyl halides is 1. The third-order valence-electron chi connectivity index (χ3n) is 3.51. The molecule has 0 radical (unpaired) electrons. The molecule has 0 aliphatic carbocycles. The molecule has 4 heteroatoms. The summed E-state index contributed by atoms with van der Waals surface area (Å²) in [5, 5.41) is 2.92. The van der Waals surface area contributed by atoms with E-state index in [0.29, 0.717) is 12.4 Å². The number of fused-ring (bicyclic) bond motifs is 1. The number of hydrogen-bond acceptors (Lipinski definition) is 1. The van der Waals surface area contributed by atoms with Crippen LogP contribution in [-0.2, 0) is 0 Å². The highest BCUT2D eigenvalue weighted by Gasteiger charge is 2.32. The van der Waals surface area contributed by atoms with E-state index in [1.54, 1.807) is 4.90 Å². The van der Waals surface area contributed by atoms with Crippen LogP contribution < -0.4 is 5.32 Å². The van der Waals surface area contributed by atoms with Crippen molar-refractivity contribution in [2.75, 3.05) is 17.7 Å². The maximum Gasteiger partial charge on any atom is 0.322 e. The number of urea groups is 1. The molecular weight excluding hydrogens is 272 g/mol. The largest absolute Gasteiger partial charge is 0.322 e. The highest BCUT2D eigenvalue weighted by atomic mass is 35.5. The number of benzene rings is 2. The van der Waals surface area contributed by atoms with Crippen molar-refractivity contribution in [2.45, 2.75) is 6.04 Å². The van der Waals surface area contributed by atoms with Crippen LogP contribution in [0.4, 0.5) is 10.5 Å². The van der Waals surface area contributed by atoms with Gasteiger partial charge in [0.25, 0.3) is 0 Å². The van der Waals surface area contributed by atoms with E-state index < -0.39 is 0 Å². The van der Waals surface area contributed by atoms with Crippen LogP contribution in [0.2, 0.25) is 0 Å². The first-order valence-electron chi connectivity index (χ1n) is 6.58. The molecule has 1 heterocycles. The first kappa shape index (κ1) is 13.0. The van der Waals surface area contributed by atoms with Crippen LogP contribution in [0.15, 0.2) is 54.6 Å². The molecule has 0 spiro atoms. The Balaban J connectivity index is 2.12. The van der Waals surface area contributed by atoms with Crippen molar-refractivity contribution < 1.29 is 4.79 Å². The van der Waals surface area contributed by atoms with Crippen molar-refractivity contribution in [3.63, 3.8) is 0 Å². The normalized spacial score (nSPS) is 17.6. The molecule has 3 nitrogen and oxygen atoms in total. The Kier molecular flexibility index (Phi) is 3.61. The second kappa shape index (κ2) is 5.55. The molecule has 2 aromatic rings. The number of para-hydroxylation sites is 1. The summed E-state index contributed by atoms with van der Waals surface area (Å²) in [6.45, 7) is 0.515. The van der Waals surface area contributed by atoms with Gasteiger partial charge in [-0.15, -0.1) is 11.6 Å². The fraction of sp³-hybridized carbons (Fsp3) is 0.188. The van der Waals surface area contributed by atoms with E-state index >= 15 is 0 Å². The monoisotopic (exact) mass is 286 g/mol. The quantitative estimate of drug-likeness (QED) is 0.854. The minimum atomic E-state index is -0.0989. The van der Waals surface area contributed by atoms with Gasteiger partial charge in [-0.3, -0.25) is 0 Å². The summed E-state index contributed by atoms with van der Waals surface area (Å²) in [7, 11) is 0. The minimum absolute atomic E-state index is 0.0834. The van der Waals surface area contributed by atoms with Crippen molar-refractivity contribution >= 4 is 23.3 Å². The number of anilines is 1. The molecule has 2 aromatic carbocycles. The van der Waals surface area contributed by atoms with E-state index in [2.05, 4.69) is 5.32 Å². The highest BCUT2D eigenvalue weighted by Crippen LogP contribution is 2.37. The fourth-order valence-corrected chi connectivity index (χ4v) is 2.82. The lowest BCUT2D eigenvalue weighted by Crippen LogP contribution is -2.43. The van der Waals surface area contributed by atoms with Crippen LogP contribution in [0.5, 0.6) is 0 Å². The lowest BCUT2D eigenvalue weighted by Gasteiger charge is -2.37. The summed E-state index contributed by atoms with van der Waals surface area (Å²) in [5.41, 5.74) is 3.07. The van der Waals surface area contributed by atoms with Gasteiger partial charge in [-0.2, -0.15) is 0 Å². The molecule has 3 rings (SSSR count). The SMILES string of the molecule is O=C1Nc2ccccc2C(c2ccccc2)N1CCCl. The summed E-state index contributed by atoms with van der Waals surface area (Å²) >= 11 is 5.86. The zero-order valence-corrected chi connectivity index (χ0v) is 11.7. The smallest absolute Gasteiger partial charge is 0.312 e. The average molecular weight is 287 g/mol. The van der Waals surface area contributed by atoms with E-state index in [1.165, 1.54) is 0 Å². The minimum Gasteiger partial charge on any atom is -0.312 e. The molecule has 1 aliphatic rings. The second-order valence-corrected chi connectivity index (χ2v) is 5.09. The van der Waals surface area contributed by atoms with Gasteiger partial charge in [0.2, 0.25) is 0 Å². The summed E-state index contributed by atoms with van der Waals surface area (Å²) in [6, 6.07) is 17.8. The van der Waals surface area contributed by atoms with E-state index in [1.807, 2.05) is 54.6 Å². The topological polar surface area (TPSA) is 32.3 Å². The number of nitrogens with zero attached hydrogens (tertiary/aromatic N) is 1. The average Bonchev–Trinajstić information content (AvgIpc) is 2.49. The van der Waals surface area contributed by atoms with Crippen molar-refractivity contribution in [1.29, 1.82) is 0 Å². The Morgan fingerprint density at radius 3 is 2.50 bits per heavy atom. The van der Waals surface area contributed by atoms with Crippen molar-refractivity contribution in [3.05, 3.63) is 65.7 Å². The molecule has 0 aromatic heterocycles. The predicted molar refractivity (Wildman–Crippen MR) is 81.2 cm³/mol. The third kappa shape index (κ3) is 2.25. The summed E-state index contributed by atoms with van der Waals surface area (Å²) < 4.78 is 0. The van der Waals surface area contributed by atoms with Gasteiger partial charge in [0, 0.05) is 23.7 Å². The van der Waals surface area contributed by atoms with Crippen LogP contribution in [0.3, 0.4) is 0 Å². The molecule has 1 atom stereocenters. The number of nitrogens with one attached hydrogen (secondary N) is 1. The van der Waals surface area contributed by atoms with Gasteiger partial charge in [0.15, 0.2) is 0 Å². The maximum absolute atomic E-state index is 12.3. The van der Waals surface area contributed by atoms with E-state index in [0.717, 1.165) is 16.8 Å². The van der Waals surface area contributed by atoms with Crippen molar-refractivity contribution in [3.8, 4) is 0 Å². The molecule has 0 saturated heterocycles. The van der Waals surface area contributed by atoms with E-state index in [4.69, 9.17) is 11.6 Å². The van der Waals surface area contributed by atoms with Gasteiger partial charge >= 0.3 is 6.03 Å². The van der Waals surface area contributed by atoms with Crippen molar-refractivity contribution in [1.82, 2.24) is 4.90 Å². The Hall–Kier alpha value is -2.00. The molecule has 20 heavy (non-hydrogen) atoms. The van der Waals surface area contributed by atoms with Crippen LogP contribution in [0, 0.1) is 0 Å². The van der Waals surface area contributed by atoms with Gasteiger partial charge in [0.05, 0.1) is 6.04 Å². The Bertz CT molecular complexity index is 615. The van der Waals surface area contributed by atoms with Crippen LogP contribution in [0.1, 0.15) is 17.2 Å². The van der Waals surface area contributed by atoms with Gasteiger partial charge in [-0.1, -0.05) is 48.5 Å². The zero-order chi connectivity index (χ0) is 13.9. The van der Waals surface area contributed by atoms with Gasteiger partial charge < -0.3 is 10.2 Å². The fourth-order valence-electron chi connectivity index (χ4n) is 2.64. The number of amides is 2. The van der Waals surface area contributed by atoms with E-state index in [9.17, 15) is 4.79 Å². The third-order valence-corrected chi connectivity index (χ3v) is 3.68. The Morgan fingerprint density at radius 2 is 1.75 bits per heavy atom. The highest BCUT2D eigenvalue weighted by molar-refractivity contribution is 6.18.